The van der Waals surface area contributed by atoms with Gasteiger partial charge in [-0.3, -0.25) is 9.69 Å². The summed E-state index contributed by atoms with van der Waals surface area (Å²) in [5.74, 6) is 1.32. The Bertz CT molecular complexity index is 1000. The SMILES string of the molecule is O=C(N1CCN(Cc2ccc(F)cc2)CC1)C12CC3CC(C1)CC(n1cnc(Cl)n1)(C3)C2. The zero-order chi connectivity index (χ0) is 21.9. The average molecular weight is 458 g/mol. The van der Waals surface area contributed by atoms with Gasteiger partial charge in [0.2, 0.25) is 11.2 Å². The summed E-state index contributed by atoms with van der Waals surface area (Å²) in [7, 11) is 0. The third-order valence-electron chi connectivity index (χ3n) is 8.41. The Hall–Kier alpha value is -1.99. The molecule has 1 aromatic heterocycles. The lowest BCUT2D eigenvalue weighted by Gasteiger charge is -2.61. The van der Waals surface area contributed by atoms with Gasteiger partial charge < -0.3 is 4.90 Å². The number of halogens is 2. The van der Waals surface area contributed by atoms with Crippen molar-refractivity contribution >= 4 is 17.5 Å². The summed E-state index contributed by atoms with van der Waals surface area (Å²) in [5.41, 5.74) is 0.743. The Labute approximate surface area is 192 Å². The number of nitrogens with zero attached hydrogens (tertiary/aromatic N) is 5. The molecule has 4 bridgehead atoms. The van der Waals surface area contributed by atoms with E-state index in [9.17, 15) is 9.18 Å². The number of aromatic nitrogens is 3. The highest BCUT2D eigenvalue weighted by atomic mass is 35.5. The largest absolute Gasteiger partial charge is 0.340 e. The van der Waals surface area contributed by atoms with E-state index in [2.05, 4.69) is 19.9 Å². The van der Waals surface area contributed by atoms with Gasteiger partial charge in [-0.05, 0) is 79.7 Å². The normalized spacial score (nSPS) is 34.2. The fourth-order valence-corrected chi connectivity index (χ4v) is 7.62. The van der Waals surface area contributed by atoms with Crippen molar-refractivity contribution in [2.75, 3.05) is 26.2 Å². The van der Waals surface area contributed by atoms with E-state index in [-0.39, 0.29) is 16.8 Å². The first kappa shape index (κ1) is 20.6. The van der Waals surface area contributed by atoms with Gasteiger partial charge in [-0.1, -0.05) is 12.1 Å². The molecule has 4 saturated carbocycles. The van der Waals surface area contributed by atoms with Crippen molar-refractivity contribution in [3.05, 3.63) is 47.3 Å². The van der Waals surface area contributed by atoms with Gasteiger partial charge in [0.15, 0.2) is 0 Å². The van der Waals surface area contributed by atoms with E-state index in [4.69, 9.17) is 11.6 Å². The first-order chi connectivity index (χ1) is 15.4. The fraction of sp³-hybridized carbons (Fsp3) is 0.625. The summed E-state index contributed by atoms with van der Waals surface area (Å²) in [6, 6.07) is 6.72. The van der Waals surface area contributed by atoms with Crippen molar-refractivity contribution in [3.63, 3.8) is 0 Å². The fourth-order valence-electron chi connectivity index (χ4n) is 7.50. The predicted molar refractivity (Wildman–Crippen MR) is 118 cm³/mol. The molecule has 6 nitrogen and oxygen atoms in total. The van der Waals surface area contributed by atoms with Gasteiger partial charge in [-0.15, -0.1) is 5.10 Å². The number of hydrogen-bond donors (Lipinski definition) is 0. The molecule has 32 heavy (non-hydrogen) atoms. The van der Waals surface area contributed by atoms with E-state index < -0.39 is 0 Å². The number of hydrogen-bond acceptors (Lipinski definition) is 4. The molecule has 1 aliphatic heterocycles. The molecule has 2 atom stereocenters. The van der Waals surface area contributed by atoms with Crippen LogP contribution in [-0.2, 0) is 16.9 Å². The molecule has 170 valence electrons. The number of amides is 1. The Morgan fingerprint density at radius 1 is 1.06 bits per heavy atom. The van der Waals surface area contributed by atoms with Gasteiger partial charge in [-0.2, -0.15) is 0 Å². The Morgan fingerprint density at radius 3 is 2.38 bits per heavy atom. The minimum Gasteiger partial charge on any atom is -0.340 e. The van der Waals surface area contributed by atoms with Crippen LogP contribution < -0.4 is 0 Å². The highest BCUT2D eigenvalue weighted by Crippen LogP contribution is 2.64. The van der Waals surface area contributed by atoms with Crippen molar-refractivity contribution in [1.82, 2.24) is 24.6 Å². The number of rotatable bonds is 4. The summed E-state index contributed by atoms with van der Waals surface area (Å²) in [4.78, 5) is 22.6. The van der Waals surface area contributed by atoms with Crippen LogP contribution in [0, 0.1) is 23.1 Å². The standard InChI is InChI=1S/C24H29ClFN5O/c25-22-27-16-31(28-22)24-12-18-9-19(13-24)11-23(10-18,15-24)21(32)30-7-5-29(6-8-30)14-17-1-3-20(26)4-2-17/h1-4,16,18-19H,5-15H2. The lowest BCUT2D eigenvalue weighted by atomic mass is 9.46. The van der Waals surface area contributed by atoms with Crippen LogP contribution in [0.4, 0.5) is 4.39 Å². The summed E-state index contributed by atoms with van der Waals surface area (Å²) in [6.45, 7) is 4.04. The summed E-state index contributed by atoms with van der Waals surface area (Å²) >= 11 is 6.06. The van der Waals surface area contributed by atoms with Gasteiger partial charge in [0, 0.05) is 32.7 Å². The van der Waals surface area contributed by atoms with Crippen molar-refractivity contribution in [2.24, 2.45) is 17.3 Å². The maximum atomic E-state index is 13.9. The number of carbonyl (C=O) groups excluding carboxylic acids is 1. The molecule has 1 saturated heterocycles. The smallest absolute Gasteiger partial charge is 0.242 e. The molecular weight excluding hydrogens is 429 g/mol. The van der Waals surface area contributed by atoms with Gasteiger partial charge in [0.25, 0.3) is 0 Å². The topological polar surface area (TPSA) is 54.3 Å². The van der Waals surface area contributed by atoms with Crippen molar-refractivity contribution in [1.29, 1.82) is 0 Å². The number of benzene rings is 1. The van der Waals surface area contributed by atoms with Gasteiger partial charge in [0.1, 0.15) is 12.1 Å². The summed E-state index contributed by atoms with van der Waals surface area (Å²) in [5, 5.41) is 4.77. The van der Waals surface area contributed by atoms with Gasteiger partial charge in [0.05, 0.1) is 11.0 Å². The average Bonchev–Trinajstić information content (AvgIpc) is 3.22. The monoisotopic (exact) mass is 457 g/mol. The molecular formula is C24H29ClFN5O. The molecule has 7 rings (SSSR count). The van der Waals surface area contributed by atoms with Crippen LogP contribution in [0.1, 0.15) is 44.1 Å². The molecule has 4 aliphatic carbocycles. The van der Waals surface area contributed by atoms with E-state index >= 15 is 0 Å². The van der Waals surface area contributed by atoms with Crippen molar-refractivity contribution in [3.8, 4) is 0 Å². The molecule has 2 unspecified atom stereocenters. The molecule has 0 spiro atoms. The molecule has 5 aliphatic rings. The molecule has 2 aromatic rings. The highest BCUT2D eigenvalue weighted by molar-refractivity contribution is 6.28. The zero-order valence-corrected chi connectivity index (χ0v) is 19.0. The predicted octanol–water partition coefficient (Wildman–Crippen LogP) is 3.71. The van der Waals surface area contributed by atoms with Gasteiger partial charge in [-0.25, -0.2) is 14.1 Å². The lowest BCUT2D eigenvalue weighted by molar-refractivity contribution is -0.168. The first-order valence-electron chi connectivity index (χ1n) is 11.8. The molecule has 5 fully saturated rings. The quantitative estimate of drug-likeness (QED) is 0.702. The van der Waals surface area contributed by atoms with Crippen molar-refractivity contribution in [2.45, 2.75) is 50.6 Å². The number of carbonyl (C=O) groups is 1. The minimum absolute atomic E-state index is 0.107. The van der Waals surface area contributed by atoms with E-state index in [1.165, 1.54) is 18.6 Å². The molecule has 2 heterocycles. The highest BCUT2D eigenvalue weighted by Gasteiger charge is 2.62. The third kappa shape index (κ3) is 3.45. The van der Waals surface area contributed by atoms with E-state index in [1.54, 1.807) is 6.33 Å². The Kier molecular flexibility index (Phi) is 4.84. The summed E-state index contributed by atoms with van der Waals surface area (Å²) < 4.78 is 15.2. The second kappa shape index (κ2) is 7.52. The second-order valence-electron chi connectivity index (χ2n) is 10.6. The van der Waals surface area contributed by atoms with Crippen LogP contribution in [-0.4, -0.2) is 56.7 Å². The first-order valence-corrected chi connectivity index (χ1v) is 12.1. The maximum Gasteiger partial charge on any atom is 0.242 e. The molecule has 0 N–H and O–H groups in total. The van der Waals surface area contributed by atoms with E-state index in [0.29, 0.717) is 23.0 Å². The molecule has 0 radical (unpaired) electrons. The van der Waals surface area contributed by atoms with Crippen LogP contribution in [0.3, 0.4) is 0 Å². The van der Waals surface area contributed by atoms with Crippen molar-refractivity contribution < 1.29 is 9.18 Å². The van der Waals surface area contributed by atoms with Crippen LogP contribution in [0.5, 0.6) is 0 Å². The molecule has 8 heteroatoms. The Balaban J connectivity index is 1.16. The number of piperazine rings is 1. The van der Waals surface area contributed by atoms with E-state index in [1.807, 2.05) is 16.8 Å². The van der Waals surface area contributed by atoms with Gasteiger partial charge >= 0.3 is 0 Å². The maximum absolute atomic E-state index is 13.9. The van der Waals surface area contributed by atoms with Crippen LogP contribution in [0.2, 0.25) is 5.28 Å². The van der Waals surface area contributed by atoms with E-state index in [0.717, 1.165) is 70.4 Å². The molecule has 1 aromatic carbocycles. The van der Waals surface area contributed by atoms with Crippen LogP contribution >= 0.6 is 11.6 Å². The summed E-state index contributed by atoms with van der Waals surface area (Å²) in [6.07, 6.45) is 8.08. The van der Waals surface area contributed by atoms with Crippen LogP contribution in [0.25, 0.3) is 0 Å². The minimum atomic E-state index is -0.262. The van der Waals surface area contributed by atoms with Crippen LogP contribution in [0.15, 0.2) is 30.6 Å². The zero-order valence-electron chi connectivity index (χ0n) is 18.2. The second-order valence-corrected chi connectivity index (χ2v) is 11.0. The molecule has 1 amide bonds. The lowest BCUT2D eigenvalue weighted by Crippen LogP contribution is -2.62. The third-order valence-corrected chi connectivity index (χ3v) is 8.59. The Morgan fingerprint density at radius 2 is 1.75 bits per heavy atom.